The first-order valence-corrected chi connectivity index (χ1v) is 5.96. The fourth-order valence-electron chi connectivity index (χ4n) is 2.33. The highest BCUT2D eigenvalue weighted by Gasteiger charge is 2.12. The number of nitrogens with zero attached hydrogens (tertiary/aromatic N) is 1. The molecule has 0 radical (unpaired) electrons. The van der Waals surface area contributed by atoms with Crippen molar-refractivity contribution < 1.29 is 0 Å². The minimum absolute atomic E-state index is 0.802. The van der Waals surface area contributed by atoms with E-state index in [1.807, 2.05) is 12.4 Å². The Hall–Kier alpha value is -0.890. The maximum Gasteiger partial charge on any atom is 0.0300 e. The molecule has 1 fully saturated rings. The molecule has 0 saturated carbocycles. The number of rotatable bonds is 2. The van der Waals surface area contributed by atoms with E-state index in [-0.39, 0.29) is 0 Å². The molecule has 1 saturated heterocycles. The lowest BCUT2D eigenvalue weighted by Gasteiger charge is -2.13. The Morgan fingerprint density at radius 3 is 3.20 bits per heavy atom. The van der Waals surface area contributed by atoms with E-state index in [4.69, 9.17) is 0 Å². The van der Waals surface area contributed by atoms with E-state index in [0.29, 0.717) is 0 Å². The SMILES string of the molecule is Cc1cncc(CC2CCCCNC2)c1. The fourth-order valence-corrected chi connectivity index (χ4v) is 2.33. The van der Waals surface area contributed by atoms with E-state index in [1.165, 1.54) is 49.9 Å². The summed E-state index contributed by atoms with van der Waals surface area (Å²) in [4.78, 5) is 4.25. The van der Waals surface area contributed by atoms with Crippen LogP contribution in [0.4, 0.5) is 0 Å². The minimum atomic E-state index is 0.802. The normalized spacial score (nSPS) is 22.3. The largest absolute Gasteiger partial charge is 0.316 e. The third-order valence-electron chi connectivity index (χ3n) is 3.10. The van der Waals surface area contributed by atoms with Gasteiger partial charge in [-0.1, -0.05) is 12.5 Å². The van der Waals surface area contributed by atoms with Gasteiger partial charge in [0.2, 0.25) is 0 Å². The summed E-state index contributed by atoms with van der Waals surface area (Å²) in [6.45, 7) is 4.48. The predicted molar refractivity (Wildman–Crippen MR) is 62.9 cm³/mol. The third kappa shape index (κ3) is 3.31. The van der Waals surface area contributed by atoms with Gasteiger partial charge in [0.15, 0.2) is 0 Å². The lowest BCUT2D eigenvalue weighted by atomic mass is 9.95. The van der Waals surface area contributed by atoms with Crippen molar-refractivity contribution in [3.05, 3.63) is 29.6 Å². The van der Waals surface area contributed by atoms with Crippen LogP contribution in [0.2, 0.25) is 0 Å². The molecule has 0 amide bonds. The van der Waals surface area contributed by atoms with Crippen molar-refractivity contribution in [1.29, 1.82) is 0 Å². The van der Waals surface area contributed by atoms with Gasteiger partial charge in [0.1, 0.15) is 0 Å². The van der Waals surface area contributed by atoms with Crippen LogP contribution in [0.15, 0.2) is 18.5 Å². The van der Waals surface area contributed by atoms with Gasteiger partial charge in [-0.3, -0.25) is 4.98 Å². The second-order valence-electron chi connectivity index (χ2n) is 4.64. The summed E-state index contributed by atoms with van der Waals surface area (Å²) in [5.74, 6) is 0.802. The standard InChI is InChI=1S/C13H20N2/c1-11-6-13(10-15-8-11)7-12-4-2-3-5-14-9-12/h6,8,10,12,14H,2-5,7,9H2,1H3. The lowest BCUT2D eigenvalue weighted by Crippen LogP contribution is -2.22. The van der Waals surface area contributed by atoms with E-state index in [1.54, 1.807) is 0 Å². The van der Waals surface area contributed by atoms with Crippen molar-refractivity contribution in [3.63, 3.8) is 0 Å². The van der Waals surface area contributed by atoms with E-state index in [0.717, 1.165) is 5.92 Å². The Kier molecular flexibility index (Phi) is 3.73. The van der Waals surface area contributed by atoms with Crippen LogP contribution < -0.4 is 5.32 Å². The number of nitrogens with one attached hydrogen (secondary N) is 1. The zero-order valence-electron chi connectivity index (χ0n) is 9.50. The summed E-state index contributed by atoms with van der Waals surface area (Å²) in [6, 6.07) is 2.26. The molecule has 1 atom stereocenters. The first-order valence-electron chi connectivity index (χ1n) is 5.96. The van der Waals surface area contributed by atoms with Crippen LogP contribution in [0.1, 0.15) is 30.4 Å². The molecule has 82 valence electrons. The Morgan fingerprint density at radius 2 is 2.33 bits per heavy atom. The van der Waals surface area contributed by atoms with Gasteiger partial charge in [0.25, 0.3) is 0 Å². The van der Waals surface area contributed by atoms with Gasteiger partial charge in [0, 0.05) is 12.4 Å². The average molecular weight is 204 g/mol. The van der Waals surface area contributed by atoms with Crippen LogP contribution >= 0.6 is 0 Å². The van der Waals surface area contributed by atoms with Crippen molar-refractivity contribution in [2.24, 2.45) is 5.92 Å². The number of pyridine rings is 1. The Balaban J connectivity index is 1.95. The monoisotopic (exact) mass is 204 g/mol. The molecule has 2 nitrogen and oxygen atoms in total. The van der Waals surface area contributed by atoms with Crippen molar-refractivity contribution in [2.75, 3.05) is 13.1 Å². The molecule has 0 aliphatic carbocycles. The first-order chi connectivity index (χ1) is 7.34. The number of hydrogen-bond acceptors (Lipinski definition) is 2. The Labute approximate surface area is 92.1 Å². The quantitative estimate of drug-likeness (QED) is 0.799. The highest BCUT2D eigenvalue weighted by molar-refractivity contribution is 5.17. The fraction of sp³-hybridized carbons (Fsp3) is 0.615. The molecule has 1 aliphatic heterocycles. The summed E-state index contributed by atoms with van der Waals surface area (Å²) in [7, 11) is 0. The highest BCUT2D eigenvalue weighted by atomic mass is 14.9. The molecule has 0 spiro atoms. The van der Waals surface area contributed by atoms with E-state index in [2.05, 4.69) is 23.3 Å². The average Bonchev–Trinajstić information content (AvgIpc) is 2.46. The molecule has 1 N–H and O–H groups in total. The number of aromatic nitrogens is 1. The van der Waals surface area contributed by atoms with Crippen LogP contribution in [0, 0.1) is 12.8 Å². The third-order valence-corrected chi connectivity index (χ3v) is 3.10. The summed E-state index contributed by atoms with van der Waals surface area (Å²) in [5, 5.41) is 3.51. The lowest BCUT2D eigenvalue weighted by molar-refractivity contribution is 0.477. The molecular weight excluding hydrogens is 184 g/mol. The van der Waals surface area contributed by atoms with Crippen LogP contribution in [0.25, 0.3) is 0 Å². The molecule has 1 aromatic rings. The summed E-state index contributed by atoms with van der Waals surface area (Å²) < 4.78 is 0. The zero-order valence-corrected chi connectivity index (χ0v) is 9.50. The van der Waals surface area contributed by atoms with Crippen molar-refractivity contribution >= 4 is 0 Å². The highest BCUT2D eigenvalue weighted by Crippen LogP contribution is 2.16. The Bertz CT molecular complexity index is 301. The summed E-state index contributed by atoms with van der Waals surface area (Å²) in [5.41, 5.74) is 2.66. The number of aryl methyl sites for hydroxylation is 1. The molecule has 0 aromatic carbocycles. The maximum atomic E-state index is 4.25. The molecule has 2 rings (SSSR count). The second kappa shape index (κ2) is 5.26. The second-order valence-corrected chi connectivity index (χ2v) is 4.64. The molecule has 1 aromatic heterocycles. The van der Waals surface area contributed by atoms with Crippen LogP contribution in [-0.2, 0) is 6.42 Å². The van der Waals surface area contributed by atoms with Crippen molar-refractivity contribution in [2.45, 2.75) is 32.6 Å². The summed E-state index contributed by atoms with van der Waals surface area (Å²) >= 11 is 0. The van der Waals surface area contributed by atoms with Gasteiger partial charge in [0.05, 0.1) is 0 Å². The van der Waals surface area contributed by atoms with E-state index in [9.17, 15) is 0 Å². The smallest absolute Gasteiger partial charge is 0.0300 e. The molecule has 0 bridgehead atoms. The number of hydrogen-bond donors (Lipinski definition) is 1. The van der Waals surface area contributed by atoms with Crippen molar-refractivity contribution in [3.8, 4) is 0 Å². The molecule has 1 aliphatic rings. The molecule has 15 heavy (non-hydrogen) atoms. The molecular formula is C13H20N2. The van der Waals surface area contributed by atoms with Gasteiger partial charge in [-0.25, -0.2) is 0 Å². The minimum Gasteiger partial charge on any atom is -0.316 e. The summed E-state index contributed by atoms with van der Waals surface area (Å²) in [6.07, 6.45) is 9.19. The van der Waals surface area contributed by atoms with Gasteiger partial charge >= 0.3 is 0 Å². The van der Waals surface area contributed by atoms with Crippen LogP contribution in [-0.4, -0.2) is 18.1 Å². The van der Waals surface area contributed by atoms with Gasteiger partial charge in [-0.05, 0) is 56.3 Å². The van der Waals surface area contributed by atoms with E-state index < -0.39 is 0 Å². The van der Waals surface area contributed by atoms with Crippen molar-refractivity contribution in [1.82, 2.24) is 10.3 Å². The maximum absolute atomic E-state index is 4.25. The van der Waals surface area contributed by atoms with Gasteiger partial charge < -0.3 is 5.32 Å². The van der Waals surface area contributed by atoms with Crippen LogP contribution in [0.5, 0.6) is 0 Å². The first kappa shape index (κ1) is 10.6. The van der Waals surface area contributed by atoms with Gasteiger partial charge in [-0.2, -0.15) is 0 Å². The van der Waals surface area contributed by atoms with E-state index >= 15 is 0 Å². The van der Waals surface area contributed by atoms with Crippen LogP contribution in [0.3, 0.4) is 0 Å². The van der Waals surface area contributed by atoms with Gasteiger partial charge in [-0.15, -0.1) is 0 Å². The molecule has 2 heterocycles. The zero-order chi connectivity index (χ0) is 10.5. The predicted octanol–water partition coefficient (Wildman–Crippen LogP) is 2.32. The topological polar surface area (TPSA) is 24.9 Å². The molecule has 1 unspecified atom stereocenters. The molecule has 2 heteroatoms. The Morgan fingerprint density at radius 1 is 1.40 bits per heavy atom.